The van der Waals surface area contributed by atoms with E-state index in [1.54, 1.807) is 24.3 Å². The molecule has 4 unspecified atom stereocenters. The summed E-state index contributed by atoms with van der Waals surface area (Å²) in [6.07, 6.45) is -6.51. The summed E-state index contributed by atoms with van der Waals surface area (Å²) in [5, 5.41) is 0. The van der Waals surface area contributed by atoms with Crippen LogP contribution in [0, 0.1) is 0 Å². The number of carbonyl (C=O) groups is 4. The minimum Gasteiger partial charge on any atom is -0.491 e. The van der Waals surface area contributed by atoms with Crippen LogP contribution in [0.1, 0.15) is 55.4 Å². The third kappa shape index (κ3) is 7.49. The second-order valence-corrected chi connectivity index (χ2v) is 10.3. The highest BCUT2D eigenvalue weighted by Crippen LogP contribution is 2.36. The van der Waals surface area contributed by atoms with Gasteiger partial charge < -0.3 is 37.7 Å². The number of rotatable bonds is 8. The molecule has 0 bridgehead atoms. The van der Waals surface area contributed by atoms with Gasteiger partial charge in [0.1, 0.15) is 18.5 Å². The standard InChI is InChI=1S/C26H35BO12/c1-14(28)33-21-20(37-24(36-17(4)31)23(35-16(3)30)22(21)34-15(2)29)13-32-19-11-9-18(10-12-19)27-38-25(5,6)26(7,8)39-27/h9-12,20-24H,13H2,1-8H3/t20-,21?,22?,23?,24?/m1/s1. The van der Waals surface area contributed by atoms with E-state index in [1.165, 1.54) is 0 Å². The average molecular weight is 550 g/mol. The fraction of sp³-hybridized carbons (Fsp3) is 0.615. The molecule has 39 heavy (non-hydrogen) atoms. The van der Waals surface area contributed by atoms with Crippen molar-refractivity contribution in [1.29, 1.82) is 0 Å². The van der Waals surface area contributed by atoms with E-state index in [-0.39, 0.29) is 6.61 Å². The van der Waals surface area contributed by atoms with Crippen LogP contribution in [0.2, 0.25) is 0 Å². The number of hydrogen-bond donors (Lipinski definition) is 0. The van der Waals surface area contributed by atoms with Crippen LogP contribution in [-0.4, -0.2) is 79.5 Å². The lowest BCUT2D eigenvalue weighted by molar-refractivity contribution is -0.298. The van der Waals surface area contributed by atoms with Crippen LogP contribution in [-0.2, 0) is 52.2 Å². The molecule has 5 atom stereocenters. The predicted octanol–water partition coefficient (Wildman–Crippen LogP) is 1.45. The van der Waals surface area contributed by atoms with Crippen molar-refractivity contribution in [3.05, 3.63) is 24.3 Å². The zero-order valence-corrected chi connectivity index (χ0v) is 23.4. The molecule has 1 aromatic rings. The van der Waals surface area contributed by atoms with Crippen LogP contribution in [0.4, 0.5) is 0 Å². The van der Waals surface area contributed by atoms with Gasteiger partial charge in [-0.2, -0.15) is 0 Å². The molecule has 2 fully saturated rings. The SMILES string of the molecule is CC(=O)OC1O[C@H](COc2ccc(B3OC(C)(C)C(C)(C)O3)cc2)C(OC(C)=O)C(OC(C)=O)C1OC(C)=O. The lowest BCUT2D eigenvalue weighted by Crippen LogP contribution is -2.63. The average Bonchev–Trinajstić information content (AvgIpc) is 3.02. The number of benzene rings is 1. The number of carbonyl (C=O) groups excluding carboxylic acids is 4. The molecule has 2 aliphatic heterocycles. The van der Waals surface area contributed by atoms with Gasteiger partial charge in [-0.25, -0.2) is 0 Å². The summed E-state index contributed by atoms with van der Waals surface area (Å²) < 4.78 is 45.1. The Morgan fingerprint density at radius 2 is 1.18 bits per heavy atom. The summed E-state index contributed by atoms with van der Waals surface area (Å²) in [5.41, 5.74) is -0.183. The largest absolute Gasteiger partial charge is 0.494 e. The van der Waals surface area contributed by atoms with Crippen LogP contribution in [0.25, 0.3) is 0 Å². The Hall–Kier alpha value is -3.16. The maximum Gasteiger partial charge on any atom is 0.494 e. The molecular formula is C26H35BO12. The van der Waals surface area contributed by atoms with Crippen molar-refractivity contribution in [3.63, 3.8) is 0 Å². The third-order valence-corrected chi connectivity index (χ3v) is 6.60. The third-order valence-electron chi connectivity index (χ3n) is 6.60. The molecule has 214 valence electrons. The van der Waals surface area contributed by atoms with Gasteiger partial charge in [-0.05, 0) is 45.3 Å². The molecule has 2 aliphatic rings. The van der Waals surface area contributed by atoms with Crippen molar-refractivity contribution in [2.24, 2.45) is 0 Å². The van der Waals surface area contributed by atoms with E-state index in [0.717, 1.165) is 33.2 Å². The molecule has 2 heterocycles. The molecule has 2 saturated heterocycles. The smallest absolute Gasteiger partial charge is 0.491 e. The zero-order chi connectivity index (χ0) is 29.1. The van der Waals surface area contributed by atoms with Crippen molar-refractivity contribution in [2.45, 2.75) is 97.3 Å². The fourth-order valence-corrected chi connectivity index (χ4v) is 4.13. The summed E-state index contributed by atoms with van der Waals surface area (Å²) in [6.45, 7) is 12.2. The Morgan fingerprint density at radius 3 is 1.67 bits per heavy atom. The van der Waals surface area contributed by atoms with Crippen molar-refractivity contribution in [1.82, 2.24) is 0 Å². The van der Waals surface area contributed by atoms with Crippen molar-refractivity contribution >= 4 is 36.5 Å². The molecule has 0 aromatic heterocycles. The molecule has 12 nitrogen and oxygen atoms in total. The molecule has 3 rings (SSSR count). The van der Waals surface area contributed by atoms with E-state index in [4.69, 9.17) is 37.7 Å². The Balaban J connectivity index is 1.80. The molecule has 0 spiro atoms. The zero-order valence-electron chi connectivity index (χ0n) is 23.4. The number of hydrogen-bond acceptors (Lipinski definition) is 12. The van der Waals surface area contributed by atoms with E-state index in [1.807, 2.05) is 27.7 Å². The Morgan fingerprint density at radius 1 is 0.718 bits per heavy atom. The summed E-state index contributed by atoms with van der Waals surface area (Å²) in [7, 11) is -0.550. The summed E-state index contributed by atoms with van der Waals surface area (Å²) >= 11 is 0. The Bertz CT molecular complexity index is 1050. The predicted molar refractivity (Wildman–Crippen MR) is 135 cm³/mol. The Kier molecular flexibility index (Phi) is 9.29. The first kappa shape index (κ1) is 30.4. The van der Waals surface area contributed by atoms with Gasteiger partial charge in [-0.15, -0.1) is 0 Å². The van der Waals surface area contributed by atoms with Crippen LogP contribution in [0.15, 0.2) is 24.3 Å². The molecule has 0 amide bonds. The van der Waals surface area contributed by atoms with Crippen LogP contribution in [0.5, 0.6) is 5.75 Å². The second-order valence-electron chi connectivity index (χ2n) is 10.3. The first-order chi connectivity index (χ1) is 18.1. The van der Waals surface area contributed by atoms with Gasteiger partial charge in [-0.3, -0.25) is 19.2 Å². The van der Waals surface area contributed by atoms with E-state index in [2.05, 4.69) is 0 Å². The first-order valence-corrected chi connectivity index (χ1v) is 12.5. The lowest BCUT2D eigenvalue weighted by Gasteiger charge is -2.43. The van der Waals surface area contributed by atoms with Gasteiger partial charge in [0.25, 0.3) is 0 Å². The highest BCUT2D eigenvalue weighted by Gasteiger charge is 2.54. The molecule has 0 aliphatic carbocycles. The van der Waals surface area contributed by atoms with E-state index in [9.17, 15) is 19.2 Å². The first-order valence-electron chi connectivity index (χ1n) is 12.5. The van der Waals surface area contributed by atoms with Crippen molar-refractivity contribution in [2.75, 3.05) is 6.61 Å². The molecule has 13 heteroatoms. The molecular weight excluding hydrogens is 515 g/mol. The monoisotopic (exact) mass is 550 g/mol. The van der Waals surface area contributed by atoms with E-state index in [0.29, 0.717) is 5.75 Å². The topological polar surface area (TPSA) is 142 Å². The highest BCUT2D eigenvalue weighted by atomic mass is 16.7. The second kappa shape index (κ2) is 11.9. The summed E-state index contributed by atoms with van der Waals surface area (Å²) in [5.74, 6) is -2.49. The quantitative estimate of drug-likeness (QED) is 0.263. The number of ether oxygens (including phenoxy) is 6. The van der Waals surface area contributed by atoms with E-state index < -0.39 is 72.9 Å². The lowest BCUT2D eigenvalue weighted by atomic mass is 9.79. The number of esters is 4. The maximum atomic E-state index is 11.9. The normalized spacial score (nSPS) is 27.3. The molecule has 0 saturated carbocycles. The van der Waals surface area contributed by atoms with Gasteiger partial charge in [0.05, 0.1) is 11.2 Å². The molecule has 1 aromatic carbocycles. The van der Waals surface area contributed by atoms with Gasteiger partial charge in [-0.1, -0.05) is 12.1 Å². The van der Waals surface area contributed by atoms with Gasteiger partial charge in [0, 0.05) is 27.7 Å². The van der Waals surface area contributed by atoms with Gasteiger partial charge in [0.2, 0.25) is 12.4 Å². The highest BCUT2D eigenvalue weighted by molar-refractivity contribution is 6.62. The molecule has 0 N–H and O–H groups in total. The van der Waals surface area contributed by atoms with Crippen LogP contribution < -0.4 is 10.2 Å². The van der Waals surface area contributed by atoms with Gasteiger partial charge in [0.15, 0.2) is 12.2 Å². The van der Waals surface area contributed by atoms with Crippen molar-refractivity contribution < 1.29 is 56.9 Å². The van der Waals surface area contributed by atoms with Crippen LogP contribution >= 0.6 is 0 Å². The minimum atomic E-state index is -1.46. The van der Waals surface area contributed by atoms with Crippen LogP contribution in [0.3, 0.4) is 0 Å². The van der Waals surface area contributed by atoms with Crippen molar-refractivity contribution in [3.8, 4) is 5.75 Å². The summed E-state index contributed by atoms with van der Waals surface area (Å²) in [6, 6.07) is 7.00. The van der Waals surface area contributed by atoms with E-state index >= 15 is 0 Å². The Labute approximate surface area is 227 Å². The molecule has 0 radical (unpaired) electrons. The maximum absolute atomic E-state index is 11.9. The van der Waals surface area contributed by atoms with Gasteiger partial charge >= 0.3 is 31.0 Å². The fourth-order valence-electron chi connectivity index (χ4n) is 4.13. The minimum absolute atomic E-state index is 0.198. The summed E-state index contributed by atoms with van der Waals surface area (Å²) in [4.78, 5) is 47.4.